The molecule has 1 aliphatic rings. The number of thiophene rings is 1. The fourth-order valence-corrected chi connectivity index (χ4v) is 6.53. The van der Waals surface area contributed by atoms with Gasteiger partial charge in [-0.25, -0.2) is 8.51 Å². The molecular weight excluding hydrogens is 504 g/mol. The highest BCUT2D eigenvalue weighted by Gasteiger charge is 2.35. The molecule has 2 unspecified atom stereocenters. The van der Waals surface area contributed by atoms with E-state index in [1.807, 2.05) is 56.5 Å². The van der Waals surface area contributed by atoms with Crippen molar-refractivity contribution in [3.63, 3.8) is 0 Å². The Bertz CT molecular complexity index is 1150. The van der Waals surface area contributed by atoms with E-state index in [1.165, 1.54) is 16.2 Å². The zero-order valence-electron chi connectivity index (χ0n) is 19.8. The number of halogens is 1. The highest BCUT2D eigenvalue weighted by molar-refractivity contribution is 7.85. The van der Waals surface area contributed by atoms with Crippen molar-refractivity contribution in [1.82, 2.24) is 14.1 Å². The van der Waals surface area contributed by atoms with Crippen LogP contribution in [0.3, 0.4) is 0 Å². The summed E-state index contributed by atoms with van der Waals surface area (Å²) in [4.78, 5) is 29.2. The van der Waals surface area contributed by atoms with E-state index in [9.17, 15) is 13.8 Å². The number of likely N-dealkylation sites (N-methyl/N-ethyl adjacent to an activating group) is 1. The van der Waals surface area contributed by atoms with E-state index in [0.29, 0.717) is 22.5 Å². The molecule has 0 bridgehead atoms. The lowest BCUT2D eigenvalue weighted by Crippen LogP contribution is -2.56. The van der Waals surface area contributed by atoms with E-state index in [-0.39, 0.29) is 25.5 Å². The van der Waals surface area contributed by atoms with Gasteiger partial charge in [-0.05, 0) is 24.1 Å². The normalized spacial score (nSPS) is 17.5. The first-order valence-electron chi connectivity index (χ1n) is 11.0. The van der Waals surface area contributed by atoms with Gasteiger partial charge in [0.25, 0.3) is 0 Å². The van der Waals surface area contributed by atoms with Gasteiger partial charge in [0.2, 0.25) is 5.91 Å². The van der Waals surface area contributed by atoms with Crippen LogP contribution in [0.2, 0.25) is 0 Å². The Morgan fingerprint density at radius 2 is 2.09 bits per heavy atom. The molecule has 7 nitrogen and oxygen atoms in total. The van der Waals surface area contributed by atoms with Crippen molar-refractivity contribution < 1.29 is 13.8 Å². The highest BCUT2D eigenvalue weighted by atomic mass is 35.5. The Labute approximate surface area is 217 Å². The molecule has 10 heteroatoms. The number of alkyl halides is 1. The summed E-state index contributed by atoms with van der Waals surface area (Å²) in [5.74, 6) is 0.516. The fraction of sp³-hybridized carbons (Fsp3) is 0.320. The highest BCUT2D eigenvalue weighted by Crippen LogP contribution is 2.28. The van der Waals surface area contributed by atoms with Crippen molar-refractivity contribution in [1.29, 1.82) is 5.41 Å². The first kappa shape index (κ1) is 27.0. The maximum Gasteiger partial charge on any atom is 0.238 e. The zero-order valence-corrected chi connectivity index (χ0v) is 22.2. The van der Waals surface area contributed by atoms with Crippen molar-refractivity contribution in [3.05, 3.63) is 70.6 Å². The molecule has 186 valence electrons. The van der Waals surface area contributed by atoms with Crippen molar-refractivity contribution in [2.24, 2.45) is 0 Å². The molecule has 1 aromatic carbocycles. The van der Waals surface area contributed by atoms with Gasteiger partial charge in [0.05, 0.1) is 6.54 Å². The Balaban J connectivity index is 1.69. The minimum Gasteiger partial charge on any atom is -0.356 e. The molecule has 1 aromatic heterocycles. The maximum atomic E-state index is 13.2. The number of nitrogens with one attached hydrogen (secondary N) is 1. The van der Waals surface area contributed by atoms with Gasteiger partial charge in [-0.2, -0.15) is 0 Å². The minimum atomic E-state index is -1.54. The molecule has 0 spiro atoms. The summed E-state index contributed by atoms with van der Waals surface area (Å²) in [7, 11) is 0.282. The summed E-state index contributed by atoms with van der Waals surface area (Å²) in [6.07, 6.45) is 6.19. The quantitative estimate of drug-likeness (QED) is 0.166. The van der Waals surface area contributed by atoms with E-state index in [1.54, 1.807) is 15.3 Å². The molecule has 35 heavy (non-hydrogen) atoms. The predicted octanol–water partition coefficient (Wildman–Crippen LogP) is 3.69. The summed E-state index contributed by atoms with van der Waals surface area (Å²) >= 11 is 7.13. The standard InChI is InChI=1S/C25H29ClN4O3S2/c1-4-12-28(3)25(27)20-9-7-19(8-10-20)14-30-22(17-31)15-29(16-23(30)32)35(33)24-13-21(6-5-11-26)18(2)34-24/h4-10,13,17,22,27H,1,11-12,14-16H2,2-3H3/b6-5-,27-25?. The first-order chi connectivity index (χ1) is 16.8. The van der Waals surface area contributed by atoms with Crippen molar-refractivity contribution in [2.75, 3.05) is 32.6 Å². The number of hydrogen-bond acceptors (Lipinski definition) is 5. The molecule has 1 saturated heterocycles. The number of amidine groups is 1. The lowest BCUT2D eigenvalue weighted by molar-refractivity contribution is -0.141. The van der Waals surface area contributed by atoms with Gasteiger partial charge < -0.3 is 14.6 Å². The van der Waals surface area contributed by atoms with Crippen LogP contribution < -0.4 is 0 Å². The third-order valence-electron chi connectivity index (χ3n) is 5.67. The van der Waals surface area contributed by atoms with Crippen LogP contribution in [0.1, 0.15) is 21.6 Å². The van der Waals surface area contributed by atoms with Gasteiger partial charge in [0.15, 0.2) is 0 Å². The molecule has 2 atom stereocenters. The van der Waals surface area contributed by atoms with Crippen LogP contribution >= 0.6 is 22.9 Å². The summed E-state index contributed by atoms with van der Waals surface area (Å²) in [6, 6.07) is 8.52. The Morgan fingerprint density at radius 3 is 2.71 bits per heavy atom. The molecule has 1 amide bonds. The fourth-order valence-electron chi connectivity index (χ4n) is 3.73. The van der Waals surface area contributed by atoms with Gasteiger partial charge in [-0.3, -0.25) is 10.2 Å². The average Bonchev–Trinajstić information content (AvgIpc) is 3.23. The summed E-state index contributed by atoms with van der Waals surface area (Å²) in [5.41, 5.74) is 2.55. The summed E-state index contributed by atoms with van der Waals surface area (Å²) in [6.45, 7) is 6.64. The largest absolute Gasteiger partial charge is 0.356 e. The second-order valence-electron chi connectivity index (χ2n) is 8.15. The van der Waals surface area contributed by atoms with E-state index < -0.39 is 17.0 Å². The Hall–Kier alpha value is -2.59. The number of hydrogen-bond donors (Lipinski definition) is 1. The SMILES string of the molecule is C=CCN(C)C(=N)c1ccc(CN2C(=O)CN(S(=O)c3cc(/C=C\CCl)c(C)s3)CC2C=O)cc1. The third-order valence-corrected chi connectivity index (χ3v) is 8.60. The van der Waals surface area contributed by atoms with Crippen molar-refractivity contribution in [3.8, 4) is 0 Å². The number of carbonyl (C=O) groups excluding carboxylic acids is 2. The van der Waals surface area contributed by atoms with E-state index in [4.69, 9.17) is 17.0 Å². The van der Waals surface area contributed by atoms with Gasteiger partial charge in [0.1, 0.15) is 33.4 Å². The van der Waals surface area contributed by atoms with Crippen LogP contribution in [0.4, 0.5) is 0 Å². The summed E-state index contributed by atoms with van der Waals surface area (Å²) in [5, 5.41) is 8.26. The number of rotatable bonds is 10. The van der Waals surface area contributed by atoms with Gasteiger partial charge in [0, 0.05) is 43.0 Å². The number of benzene rings is 1. The minimum absolute atomic E-state index is 0.0319. The second kappa shape index (κ2) is 12.4. The van der Waals surface area contributed by atoms with Crippen LogP contribution in [0.15, 0.2) is 53.3 Å². The maximum absolute atomic E-state index is 13.2. The van der Waals surface area contributed by atoms with Crippen LogP contribution in [0, 0.1) is 12.3 Å². The number of amides is 1. The second-order valence-corrected chi connectivity index (χ2v) is 11.4. The van der Waals surface area contributed by atoms with Crippen LogP contribution in [0.5, 0.6) is 0 Å². The Morgan fingerprint density at radius 1 is 1.37 bits per heavy atom. The first-order valence-corrected chi connectivity index (χ1v) is 13.5. The zero-order chi connectivity index (χ0) is 25.5. The molecule has 3 rings (SSSR count). The summed E-state index contributed by atoms with van der Waals surface area (Å²) < 4.78 is 15.4. The molecular formula is C25H29ClN4O3S2. The number of aryl methyl sites for hydroxylation is 1. The molecule has 1 aliphatic heterocycles. The topological polar surface area (TPSA) is 84.8 Å². The molecule has 0 radical (unpaired) electrons. The monoisotopic (exact) mass is 532 g/mol. The van der Waals surface area contributed by atoms with E-state index in [2.05, 4.69) is 6.58 Å². The molecule has 1 N–H and O–H groups in total. The van der Waals surface area contributed by atoms with Crippen LogP contribution in [0.25, 0.3) is 6.08 Å². The average molecular weight is 533 g/mol. The number of aldehydes is 1. The molecule has 0 aliphatic carbocycles. The Kier molecular flexibility index (Phi) is 9.56. The van der Waals surface area contributed by atoms with Gasteiger partial charge >= 0.3 is 0 Å². The number of allylic oxidation sites excluding steroid dienone is 1. The lowest BCUT2D eigenvalue weighted by Gasteiger charge is -2.37. The molecule has 2 aromatic rings. The van der Waals surface area contributed by atoms with Crippen molar-refractivity contribution >= 4 is 58.0 Å². The number of nitrogens with zero attached hydrogens (tertiary/aromatic N) is 3. The predicted molar refractivity (Wildman–Crippen MR) is 143 cm³/mol. The molecule has 1 fully saturated rings. The van der Waals surface area contributed by atoms with Crippen molar-refractivity contribution in [2.45, 2.75) is 23.7 Å². The number of piperazine rings is 1. The molecule has 2 heterocycles. The van der Waals surface area contributed by atoms with Crippen LogP contribution in [-0.4, -0.2) is 74.9 Å². The van der Waals surface area contributed by atoms with E-state index >= 15 is 0 Å². The van der Waals surface area contributed by atoms with Gasteiger partial charge in [-0.1, -0.05) is 42.5 Å². The third kappa shape index (κ3) is 6.55. The number of carbonyl (C=O) groups is 2. The smallest absolute Gasteiger partial charge is 0.238 e. The van der Waals surface area contributed by atoms with E-state index in [0.717, 1.165) is 27.9 Å². The lowest BCUT2D eigenvalue weighted by atomic mass is 10.1. The van der Waals surface area contributed by atoms with Crippen LogP contribution in [-0.2, 0) is 27.1 Å². The molecule has 0 saturated carbocycles. The van der Waals surface area contributed by atoms with Gasteiger partial charge in [-0.15, -0.1) is 29.5 Å².